The fourth-order valence-corrected chi connectivity index (χ4v) is 4.91. The average Bonchev–Trinajstić information content (AvgIpc) is 2.69. The van der Waals surface area contributed by atoms with Crippen LogP contribution in [0.5, 0.6) is 0 Å². The number of piperidine rings is 1. The Morgan fingerprint density at radius 1 is 1.25 bits per heavy atom. The molecule has 16 heavy (non-hydrogen) atoms. The third-order valence-corrected chi connectivity index (χ3v) is 6.28. The van der Waals surface area contributed by atoms with E-state index < -0.39 is 10.0 Å². The lowest BCUT2D eigenvalue weighted by Crippen LogP contribution is -2.48. The minimum absolute atomic E-state index is 0.175. The molecule has 0 aromatic rings. The van der Waals surface area contributed by atoms with Gasteiger partial charge in [0.1, 0.15) is 0 Å². The summed E-state index contributed by atoms with van der Waals surface area (Å²) in [7, 11) is -3.06. The molecule has 0 bridgehead atoms. The fraction of sp³-hybridized carbons (Fsp3) is 1.00. The van der Waals surface area contributed by atoms with Crippen molar-refractivity contribution in [3.8, 4) is 0 Å². The highest BCUT2D eigenvalue weighted by Gasteiger charge is 2.38. The topological polar surface area (TPSA) is 49.4 Å². The van der Waals surface area contributed by atoms with E-state index in [1.54, 1.807) is 4.31 Å². The molecule has 4 nitrogen and oxygen atoms in total. The molecule has 3 atom stereocenters. The summed E-state index contributed by atoms with van der Waals surface area (Å²) >= 11 is 0. The van der Waals surface area contributed by atoms with Crippen LogP contribution in [0.15, 0.2) is 0 Å². The van der Waals surface area contributed by atoms with Crippen LogP contribution in [0.4, 0.5) is 0 Å². The van der Waals surface area contributed by atoms with Gasteiger partial charge in [-0.05, 0) is 38.6 Å². The average molecular weight is 246 g/mol. The standard InChI is InChI=1S/C11H22N2O2S/c1-9-4-6-13(10(2)7-9)16(14,15)11-3-5-12-8-11/h9-12H,3-8H2,1-2H3. The molecule has 3 unspecified atom stereocenters. The molecule has 2 rings (SSSR count). The molecule has 2 saturated heterocycles. The van der Waals surface area contributed by atoms with E-state index >= 15 is 0 Å². The Labute approximate surface area is 98.4 Å². The van der Waals surface area contributed by atoms with Crippen LogP contribution in [-0.2, 0) is 10.0 Å². The first-order valence-corrected chi connectivity index (χ1v) is 7.73. The zero-order valence-electron chi connectivity index (χ0n) is 10.1. The van der Waals surface area contributed by atoms with E-state index in [2.05, 4.69) is 12.2 Å². The Hall–Kier alpha value is -0.130. The summed E-state index contributed by atoms with van der Waals surface area (Å²) in [4.78, 5) is 0. The smallest absolute Gasteiger partial charge is 0.218 e. The van der Waals surface area contributed by atoms with Crippen molar-refractivity contribution in [2.45, 2.75) is 44.4 Å². The normalized spacial score (nSPS) is 37.8. The highest BCUT2D eigenvalue weighted by Crippen LogP contribution is 2.27. The van der Waals surface area contributed by atoms with Crippen molar-refractivity contribution in [3.05, 3.63) is 0 Å². The van der Waals surface area contributed by atoms with Gasteiger partial charge in [-0.1, -0.05) is 6.92 Å². The van der Waals surface area contributed by atoms with Gasteiger partial charge in [-0.25, -0.2) is 8.42 Å². The molecule has 0 amide bonds. The number of nitrogens with one attached hydrogen (secondary N) is 1. The van der Waals surface area contributed by atoms with Gasteiger partial charge < -0.3 is 5.32 Å². The molecular weight excluding hydrogens is 224 g/mol. The quantitative estimate of drug-likeness (QED) is 0.784. The summed E-state index contributed by atoms with van der Waals surface area (Å²) in [6.07, 6.45) is 2.77. The summed E-state index contributed by atoms with van der Waals surface area (Å²) < 4.78 is 26.5. The molecule has 0 aromatic heterocycles. The molecule has 0 spiro atoms. The van der Waals surface area contributed by atoms with E-state index in [0.717, 1.165) is 25.8 Å². The van der Waals surface area contributed by atoms with Gasteiger partial charge in [0, 0.05) is 19.1 Å². The summed E-state index contributed by atoms with van der Waals surface area (Å²) in [5.74, 6) is 0.656. The third kappa shape index (κ3) is 2.26. The molecule has 1 N–H and O–H groups in total. The van der Waals surface area contributed by atoms with E-state index in [1.165, 1.54) is 0 Å². The predicted octanol–water partition coefficient (Wildman–Crippen LogP) is 0.798. The first-order valence-electron chi connectivity index (χ1n) is 6.23. The van der Waals surface area contributed by atoms with E-state index in [4.69, 9.17) is 0 Å². The largest absolute Gasteiger partial charge is 0.315 e. The fourth-order valence-electron chi connectivity index (χ4n) is 2.84. The van der Waals surface area contributed by atoms with Crippen molar-refractivity contribution in [1.29, 1.82) is 0 Å². The molecule has 2 aliphatic rings. The zero-order valence-corrected chi connectivity index (χ0v) is 11.0. The van der Waals surface area contributed by atoms with E-state index in [-0.39, 0.29) is 11.3 Å². The molecule has 0 aromatic carbocycles. The second-order valence-electron chi connectivity index (χ2n) is 5.25. The number of hydrogen-bond donors (Lipinski definition) is 1. The maximum Gasteiger partial charge on any atom is 0.218 e. The van der Waals surface area contributed by atoms with Crippen molar-refractivity contribution in [3.63, 3.8) is 0 Å². The van der Waals surface area contributed by atoms with Crippen LogP contribution in [-0.4, -0.2) is 43.6 Å². The Balaban J connectivity index is 2.10. The second-order valence-corrected chi connectivity index (χ2v) is 7.41. The summed E-state index contributed by atoms with van der Waals surface area (Å²) in [6, 6.07) is 0.175. The molecule has 0 radical (unpaired) electrons. The van der Waals surface area contributed by atoms with Gasteiger partial charge >= 0.3 is 0 Å². The maximum atomic E-state index is 12.4. The molecule has 94 valence electrons. The van der Waals surface area contributed by atoms with E-state index in [1.807, 2.05) is 6.92 Å². The van der Waals surface area contributed by atoms with Gasteiger partial charge in [0.25, 0.3) is 0 Å². The lowest BCUT2D eigenvalue weighted by atomic mass is 9.95. The monoisotopic (exact) mass is 246 g/mol. The van der Waals surface area contributed by atoms with E-state index in [9.17, 15) is 8.42 Å². The van der Waals surface area contributed by atoms with E-state index in [0.29, 0.717) is 19.0 Å². The molecule has 2 aliphatic heterocycles. The van der Waals surface area contributed by atoms with Crippen LogP contribution in [0, 0.1) is 5.92 Å². The summed E-state index contributed by atoms with van der Waals surface area (Å²) in [5.41, 5.74) is 0. The molecule has 0 aliphatic carbocycles. The molecule has 2 fully saturated rings. The number of sulfonamides is 1. The van der Waals surface area contributed by atoms with Gasteiger partial charge in [-0.2, -0.15) is 4.31 Å². The van der Waals surface area contributed by atoms with Crippen molar-refractivity contribution in [1.82, 2.24) is 9.62 Å². The first-order chi connectivity index (χ1) is 7.51. The van der Waals surface area contributed by atoms with Crippen LogP contribution in [0.3, 0.4) is 0 Å². The van der Waals surface area contributed by atoms with Crippen LogP contribution >= 0.6 is 0 Å². The Bertz CT molecular complexity index is 336. The predicted molar refractivity (Wildman–Crippen MR) is 64.8 cm³/mol. The lowest BCUT2D eigenvalue weighted by molar-refractivity contribution is 0.218. The highest BCUT2D eigenvalue weighted by atomic mass is 32.2. The number of nitrogens with zero attached hydrogens (tertiary/aromatic N) is 1. The van der Waals surface area contributed by atoms with Crippen LogP contribution in [0.1, 0.15) is 33.1 Å². The molecular formula is C11H22N2O2S. The molecule has 0 saturated carbocycles. The maximum absolute atomic E-state index is 12.4. The van der Waals surface area contributed by atoms with Gasteiger partial charge in [-0.3, -0.25) is 0 Å². The highest BCUT2D eigenvalue weighted by molar-refractivity contribution is 7.89. The minimum atomic E-state index is -3.06. The minimum Gasteiger partial charge on any atom is -0.315 e. The zero-order chi connectivity index (χ0) is 11.8. The molecule has 5 heteroatoms. The van der Waals surface area contributed by atoms with Crippen molar-refractivity contribution >= 4 is 10.0 Å². The Morgan fingerprint density at radius 3 is 2.56 bits per heavy atom. The Kier molecular flexibility index (Phi) is 3.56. The number of hydrogen-bond acceptors (Lipinski definition) is 3. The van der Waals surface area contributed by atoms with Crippen molar-refractivity contribution in [2.24, 2.45) is 5.92 Å². The SMILES string of the molecule is CC1CCN(S(=O)(=O)C2CCNC2)C(C)C1. The van der Waals surface area contributed by atoms with Gasteiger partial charge in [-0.15, -0.1) is 0 Å². The van der Waals surface area contributed by atoms with Crippen LogP contribution in [0.2, 0.25) is 0 Å². The third-order valence-electron chi connectivity index (χ3n) is 3.84. The summed E-state index contributed by atoms with van der Waals surface area (Å²) in [6.45, 7) is 6.41. The van der Waals surface area contributed by atoms with Crippen molar-refractivity contribution in [2.75, 3.05) is 19.6 Å². The van der Waals surface area contributed by atoms with Gasteiger partial charge in [0.2, 0.25) is 10.0 Å². The summed E-state index contributed by atoms with van der Waals surface area (Å²) in [5, 5.41) is 2.94. The number of rotatable bonds is 2. The lowest BCUT2D eigenvalue weighted by Gasteiger charge is -2.36. The van der Waals surface area contributed by atoms with Gasteiger partial charge in [0.05, 0.1) is 5.25 Å². The van der Waals surface area contributed by atoms with Crippen LogP contribution < -0.4 is 5.32 Å². The second kappa shape index (κ2) is 4.63. The molecule has 2 heterocycles. The first kappa shape index (κ1) is 12.3. The van der Waals surface area contributed by atoms with Gasteiger partial charge in [0.15, 0.2) is 0 Å². The van der Waals surface area contributed by atoms with Crippen molar-refractivity contribution < 1.29 is 8.42 Å². The van der Waals surface area contributed by atoms with Crippen LogP contribution in [0.25, 0.3) is 0 Å². The Morgan fingerprint density at radius 2 is 2.00 bits per heavy atom.